The second-order valence-corrected chi connectivity index (χ2v) is 7.30. The second kappa shape index (κ2) is 7.84. The van der Waals surface area contributed by atoms with E-state index in [1.807, 2.05) is 24.3 Å². The van der Waals surface area contributed by atoms with Gasteiger partial charge in [-0.25, -0.2) is 4.79 Å². The van der Waals surface area contributed by atoms with Gasteiger partial charge < -0.3 is 15.4 Å². The molecule has 0 saturated heterocycles. The summed E-state index contributed by atoms with van der Waals surface area (Å²) in [5.41, 5.74) is 1.30. The van der Waals surface area contributed by atoms with Gasteiger partial charge >= 0.3 is 5.97 Å². The predicted octanol–water partition coefficient (Wildman–Crippen LogP) is 3.95. The first-order chi connectivity index (χ1) is 13.4. The van der Waals surface area contributed by atoms with Gasteiger partial charge in [0.05, 0.1) is 18.4 Å². The Morgan fingerprint density at radius 1 is 0.929 bits per heavy atom. The number of para-hydroxylation sites is 1. The van der Waals surface area contributed by atoms with E-state index in [0.29, 0.717) is 30.1 Å². The summed E-state index contributed by atoms with van der Waals surface area (Å²) in [6, 6.07) is 14.2. The second-order valence-electron chi connectivity index (χ2n) is 7.30. The molecule has 0 aromatic heterocycles. The first-order valence-corrected chi connectivity index (χ1v) is 9.27. The van der Waals surface area contributed by atoms with Gasteiger partial charge in [0.15, 0.2) is 0 Å². The van der Waals surface area contributed by atoms with Gasteiger partial charge in [0, 0.05) is 5.69 Å². The molecule has 0 heterocycles. The number of methoxy groups -OCH3 is 1. The summed E-state index contributed by atoms with van der Waals surface area (Å²) in [4.78, 5) is 37.4. The van der Waals surface area contributed by atoms with Crippen molar-refractivity contribution in [1.29, 1.82) is 0 Å². The molecule has 3 rings (SSSR count). The first-order valence-electron chi connectivity index (χ1n) is 9.27. The van der Waals surface area contributed by atoms with Gasteiger partial charge in [-0.3, -0.25) is 9.59 Å². The molecule has 1 saturated carbocycles. The predicted molar refractivity (Wildman–Crippen MR) is 107 cm³/mol. The minimum atomic E-state index is -1.11. The third-order valence-corrected chi connectivity index (χ3v) is 5.04. The SMILES string of the molecule is COC(=O)c1ccccc1NC(=O)C1(C(=O)Nc2ccc(C(C)C)cc2)CC1. The Hall–Kier alpha value is -3.15. The molecule has 0 unspecified atom stereocenters. The molecule has 146 valence electrons. The van der Waals surface area contributed by atoms with E-state index in [-0.39, 0.29) is 11.5 Å². The van der Waals surface area contributed by atoms with Crippen molar-refractivity contribution in [3.8, 4) is 0 Å². The number of ether oxygens (including phenoxy) is 1. The highest BCUT2D eigenvalue weighted by Crippen LogP contribution is 2.47. The van der Waals surface area contributed by atoms with E-state index < -0.39 is 17.3 Å². The molecule has 0 atom stereocenters. The van der Waals surface area contributed by atoms with Gasteiger partial charge in [0.1, 0.15) is 5.41 Å². The van der Waals surface area contributed by atoms with Crippen LogP contribution in [0.15, 0.2) is 48.5 Å². The number of hydrogen-bond donors (Lipinski definition) is 2. The number of amides is 2. The van der Waals surface area contributed by atoms with Gasteiger partial charge in [-0.05, 0) is 48.6 Å². The number of anilines is 2. The van der Waals surface area contributed by atoms with E-state index in [0.717, 1.165) is 0 Å². The standard InChI is InChI=1S/C22H24N2O4/c1-14(2)15-8-10-16(11-9-15)23-20(26)22(12-13-22)21(27)24-18-7-5-4-6-17(18)19(25)28-3/h4-11,14H,12-13H2,1-3H3,(H,23,26)(H,24,27). The topological polar surface area (TPSA) is 84.5 Å². The van der Waals surface area contributed by atoms with E-state index >= 15 is 0 Å². The molecule has 2 amide bonds. The summed E-state index contributed by atoms with van der Waals surface area (Å²) in [6.07, 6.45) is 0.935. The summed E-state index contributed by atoms with van der Waals surface area (Å²) in [6.45, 7) is 4.20. The zero-order chi connectivity index (χ0) is 20.3. The molecule has 1 aliphatic rings. The van der Waals surface area contributed by atoms with Crippen LogP contribution in [-0.4, -0.2) is 24.9 Å². The molecule has 2 aromatic carbocycles. The summed E-state index contributed by atoms with van der Waals surface area (Å²) in [5.74, 6) is -0.895. The number of rotatable bonds is 6. The molecule has 28 heavy (non-hydrogen) atoms. The van der Waals surface area contributed by atoms with Crippen molar-refractivity contribution in [2.24, 2.45) is 5.41 Å². The number of carbonyl (C=O) groups excluding carboxylic acids is 3. The maximum absolute atomic E-state index is 12.8. The number of carbonyl (C=O) groups is 3. The van der Waals surface area contributed by atoms with E-state index in [1.54, 1.807) is 24.3 Å². The number of hydrogen-bond acceptors (Lipinski definition) is 4. The lowest BCUT2D eigenvalue weighted by atomic mass is 10.0. The molecular formula is C22H24N2O4. The van der Waals surface area contributed by atoms with Crippen molar-refractivity contribution in [3.63, 3.8) is 0 Å². The Morgan fingerprint density at radius 3 is 2.11 bits per heavy atom. The minimum absolute atomic E-state index is 0.249. The summed E-state index contributed by atoms with van der Waals surface area (Å²) < 4.78 is 4.74. The van der Waals surface area contributed by atoms with Crippen molar-refractivity contribution >= 4 is 29.2 Å². The van der Waals surface area contributed by atoms with Crippen LogP contribution in [0.3, 0.4) is 0 Å². The minimum Gasteiger partial charge on any atom is -0.465 e. The van der Waals surface area contributed by atoms with E-state index in [1.165, 1.54) is 12.7 Å². The number of benzene rings is 2. The van der Waals surface area contributed by atoms with Gasteiger partial charge in [0.2, 0.25) is 11.8 Å². The zero-order valence-electron chi connectivity index (χ0n) is 16.2. The van der Waals surface area contributed by atoms with Gasteiger partial charge in [-0.1, -0.05) is 38.1 Å². The molecule has 0 radical (unpaired) electrons. The lowest BCUT2D eigenvalue weighted by molar-refractivity contribution is -0.131. The van der Waals surface area contributed by atoms with Gasteiger partial charge in [0.25, 0.3) is 0 Å². The van der Waals surface area contributed by atoms with Crippen LogP contribution in [0.25, 0.3) is 0 Å². The molecule has 0 aliphatic heterocycles. The van der Waals surface area contributed by atoms with Crippen LogP contribution in [0.5, 0.6) is 0 Å². The van der Waals surface area contributed by atoms with Crippen LogP contribution >= 0.6 is 0 Å². The Morgan fingerprint density at radius 2 is 1.54 bits per heavy atom. The van der Waals surface area contributed by atoms with Gasteiger partial charge in [-0.2, -0.15) is 0 Å². The Balaban J connectivity index is 1.72. The maximum atomic E-state index is 12.8. The highest BCUT2D eigenvalue weighted by atomic mass is 16.5. The van der Waals surface area contributed by atoms with Crippen molar-refractivity contribution in [3.05, 3.63) is 59.7 Å². The van der Waals surface area contributed by atoms with Crippen LogP contribution in [0, 0.1) is 5.41 Å². The average Bonchev–Trinajstić information content (AvgIpc) is 3.50. The Bertz CT molecular complexity index is 899. The van der Waals surface area contributed by atoms with Crippen LogP contribution in [-0.2, 0) is 14.3 Å². The molecule has 6 nitrogen and oxygen atoms in total. The monoisotopic (exact) mass is 380 g/mol. The molecular weight excluding hydrogens is 356 g/mol. The smallest absolute Gasteiger partial charge is 0.339 e. The molecule has 1 fully saturated rings. The fourth-order valence-electron chi connectivity index (χ4n) is 3.01. The highest BCUT2D eigenvalue weighted by Gasteiger charge is 2.56. The van der Waals surface area contributed by atoms with Crippen LogP contribution in [0.1, 0.15) is 48.5 Å². The van der Waals surface area contributed by atoms with Crippen molar-refractivity contribution in [1.82, 2.24) is 0 Å². The molecule has 0 bridgehead atoms. The zero-order valence-corrected chi connectivity index (χ0v) is 16.2. The largest absolute Gasteiger partial charge is 0.465 e. The molecule has 6 heteroatoms. The van der Waals surface area contributed by atoms with E-state index in [9.17, 15) is 14.4 Å². The number of esters is 1. The maximum Gasteiger partial charge on any atom is 0.339 e. The molecule has 0 spiro atoms. The normalized spacial score (nSPS) is 14.3. The summed E-state index contributed by atoms with van der Waals surface area (Å²) >= 11 is 0. The Labute approximate surface area is 164 Å². The van der Waals surface area contributed by atoms with Gasteiger partial charge in [-0.15, -0.1) is 0 Å². The first kappa shape index (κ1) is 19.6. The van der Waals surface area contributed by atoms with E-state index in [4.69, 9.17) is 4.74 Å². The van der Waals surface area contributed by atoms with Crippen LogP contribution in [0.2, 0.25) is 0 Å². The molecule has 1 aliphatic carbocycles. The van der Waals surface area contributed by atoms with E-state index in [2.05, 4.69) is 24.5 Å². The fraction of sp³-hybridized carbons (Fsp3) is 0.318. The van der Waals surface area contributed by atoms with Crippen LogP contribution < -0.4 is 10.6 Å². The average molecular weight is 380 g/mol. The van der Waals surface area contributed by atoms with Crippen molar-refractivity contribution in [2.45, 2.75) is 32.6 Å². The highest BCUT2D eigenvalue weighted by molar-refractivity contribution is 6.17. The quantitative estimate of drug-likeness (QED) is 0.587. The summed E-state index contributed by atoms with van der Waals surface area (Å²) in [5, 5.41) is 5.55. The lowest BCUT2D eigenvalue weighted by Gasteiger charge is -2.17. The third kappa shape index (κ3) is 3.91. The van der Waals surface area contributed by atoms with Crippen LogP contribution in [0.4, 0.5) is 11.4 Å². The lowest BCUT2D eigenvalue weighted by Crippen LogP contribution is -2.36. The third-order valence-electron chi connectivity index (χ3n) is 5.04. The number of nitrogens with one attached hydrogen (secondary N) is 2. The van der Waals surface area contributed by atoms with Crippen molar-refractivity contribution < 1.29 is 19.1 Å². The fourth-order valence-corrected chi connectivity index (χ4v) is 3.01. The molecule has 2 N–H and O–H groups in total. The summed E-state index contributed by atoms with van der Waals surface area (Å²) in [7, 11) is 1.28. The van der Waals surface area contributed by atoms with Crippen molar-refractivity contribution in [2.75, 3.05) is 17.7 Å². The Kier molecular flexibility index (Phi) is 5.49. The molecule has 2 aromatic rings.